The Balaban J connectivity index is 2.03. The normalized spacial score (nSPS) is 13.2. The lowest BCUT2D eigenvalue weighted by Gasteiger charge is -2.18. The molecule has 4 N–H and O–H groups in total. The van der Waals surface area contributed by atoms with Crippen molar-refractivity contribution in [2.45, 2.75) is 17.1 Å². The Kier molecular flexibility index (Phi) is 3.99. The lowest BCUT2D eigenvalue weighted by atomic mass is 10.1. The maximum Gasteiger partial charge on any atom is 0.288 e. The summed E-state index contributed by atoms with van der Waals surface area (Å²) < 4.78 is 24.8. The molecule has 1 aliphatic heterocycles. The largest absolute Gasteiger partial charge is 0.397 e. The fourth-order valence-electron chi connectivity index (χ4n) is 2.51. The minimum absolute atomic E-state index is 0.00331. The summed E-state index contributed by atoms with van der Waals surface area (Å²) >= 11 is 0.417. The summed E-state index contributed by atoms with van der Waals surface area (Å²) in [5.74, 6) is -2.59. The maximum atomic E-state index is 12.4. The van der Waals surface area contributed by atoms with E-state index in [9.17, 15) is 13.6 Å². The molecule has 0 saturated carbocycles. The van der Waals surface area contributed by atoms with Crippen LogP contribution in [-0.4, -0.2) is 16.6 Å². The van der Waals surface area contributed by atoms with Gasteiger partial charge in [-0.2, -0.15) is 14.0 Å². The van der Waals surface area contributed by atoms with Gasteiger partial charge in [0.2, 0.25) is 5.91 Å². The first-order valence-corrected chi connectivity index (χ1v) is 7.66. The molecule has 1 amide bonds. The number of aromatic nitrogens is 1. The van der Waals surface area contributed by atoms with E-state index in [4.69, 9.17) is 16.7 Å². The standard InChI is InChI=1S/C15H11F2N5OS/c16-15(17)24-8-3-1-7(2-4-8)22-11(23)5-9-12(19)10(6-18)13(20)21-14(9)22/h1-4,15H,5H2,(H4,19,20,21). The summed E-state index contributed by atoms with van der Waals surface area (Å²) in [6.45, 7) is 0. The number of fused-ring (bicyclic) bond motifs is 1. The number of alkyl halides is 2. The number of pyridine rings is 1. The van der Waals surface area contributed by atoms with Crippen molar-refractivity contribution in [2.75, 3.05) is 16.4 Å². The Morgan fingerprint density at radius 3 is 2.54 bits per heavy atom. The van der Waals surface area contributed by atoms with E-state index in [1.807, 2.05) is 6.07 Å². The van der Waals surface area contributed by atoms with E-state index >= 15 is 0 Å². The fourth-order valence-corrected chi connectivity index (χ4v) is 3.01. The number of nitrogen functional groups attached to an aromatic ring is 2. The fraction of sp³-hybridized carbons (Fsp3) is 0.133. The predicted octanol–water partition coefficient (Wildman–Crippen LogP) is 2.65. The molecular formula is C15H11F2N5OS. The zero-order chi connectivity index (χ0) is 17.4. The second-order valence-corrected chi connectivity index (χ2v) is 6.04. The number of carbonyl (C=O) groups excluding carboxylic acids is 1. The third kappa shape index (κ3) is 2.61. The minimum Gasteiger partial charge on any atom is -0.397 e. The Morgan fingerprint density at radius 1 is 1.29 bits per heavy atom. The van der Waals surface area contributed by atoms with Crippen LogP contribution in [0.3, 0.4) is 0 Å². The van der Waals surface area contributed by atoms with Gasteiger partial charge in [-0.15, -0.1) is 0 Å². The van der Waals surface area contributed by atoms with E-state index in [0.717, 1.165) is 0 Å². The SMILES string of the molecule is N#Cc1c(N)nc2c(c1N)CC(=O)N2c1ccc(SC(F)F)cc1. The van der Waals surface area contributed by atoms with E-state index < -0.39 is 5.76 Å². The number of thioether (sulfide) groups is 1. The number of amides is 1. The van der Waals surface area contributed by atoms with E-state index in [0.29, 0.717) is 27.9 Å². The van der Waals surface area contributed by atoms with Crippen molar-refractivity contribution in [3.8, 4) is 6.07 Å². The number of nitrogens with zero attached hydrogens (tertiary/aromatic N) is 3. The zero-order valence-corrected chi connectivity index (χ0v) is 13.0. The van der Waals surface area contributed by atoms with Crippen LogP contribution < -0.4 is 16.4 Å². The van der Waals surface area contributed by atoms with Gasteiger partial charge in [0.15, 0.2) is 0 Å². The van der Waals surface area contributed by atoms with Crippen LogP contribution in [0.5, 0.6) is 0 Å². The molecule has 2 heterocycles. The van der Waals surface area contributed by atoms with Gasteiger partial charge in [-0.3, -0.25) is 9.69 Å². The molecule has 6 nitrogen and oxygen atoms in total. The number of nitriles is 1. The molecule has 3 rings (SSSR count). The first kappa shape index (κ1) is 16.0. The first-order chi connectivity index (χ1) is 11.4. The molecule has 0 spiro atoms. The van der Waals surface area contributed by atoms with Gasteiger partial charge in [0.1, 0.15) is 23.3 Å². The van der Waals surface area contributed by atoms with Gasteiger partial charge in [-0.05, 0) is 24.3 Å². The van der Waals surface area contributed by atoms with E-state index in [-0.39, 0.29) is 35.2 Å². The molecule has 9 heteroatoms. The molecule has 0 unspecified atom stereocenters. The Morgan fingerprint density at radius 2 is 1.96 bits per heavy atom. The maximum absolute atomic E-state index is 12.4. The number of carbonyl (C=O) groups is 1. The highest BCUT2D eigenvalue weighted by Gasteiger charge is 2.33. The monoisotopic (exact) mass is 347 g/mol. The predicted molar refractivity (Wildman–Crippen MR) is 86.9 cm³/mol. The molecule has 0 aliphatic carbocycles. The van der Waals surface area contributed by atoms with Gasteiger partial charge in [0, 0.05) is 10.5 Å². The molecule has 24 heavy (non-hydrogen) atoms. The summed E-state index contributed by atoms with van der Waals surface area (Å²) in [4.78, 5) is 18.2. The van der Waals surface area contributed by atoms with E-state index in [2.05, 4.69) is 4.98 Å². The molecule has 2 aromatic rings. The van der Waals surface area contributed by atoms with Gasteiger partial charge in [0.25, 0.3) is 5.76 Å². The third-order valence-electron chi connectivity index (χ3n) is 3.57. The van der Waals surface area contributed by atoms with Crippen LogP contribution in [0, 0.1) is 11.3 Å². The summed E-state index contributed by atoms with van der Waals surface area (Å²) in [6, 6.07) is 7.95. The van der Waals surface area contributed by atoms with Crippen LogP contribution in [0.2, 0.25) is 0 Å². The number of halogens is 2. The molecule has 1 aliphatic rings. The van der Waals surface area contributed by atoms with Crippen LogP contribution in [0.4, 0.5) is 31.8 Å². The Labute approximate surface area is 140 Å². The van der Waals surface area contributed by atoms with Crippen LogP contribution in [0.15, 0.2) is 29.2 Å². The second kappa shape index (κ2) is 5.98. The topological polar surface area (TPSA) is 109 Å². The van der Waals surface area contributed by atoms with Crippen molar-refractivity contribution in [1.82, 2.24) is 4.98 Å². The average molecular weight is 347 g/mol. The smallest absolute Gasteiger partial charge is 0.288 e. The summed E-state index contributed by atoms with van der Waals surface area (Å²) in [5, 5.41) is 9.07. The molecule has 0 bridgehead atoms. The quantitative estimate of drug-likeness (QED) is 0.826. The lowest BCUT2D eigenvalue weighted by molar-refractivity contribution is -0.116. The molecule has 1 aromatic carbocycles. The first-order valence-electron chi connectivity index (χ1n) is 6.78. The molecule has 1 aromatic heterocycles. The molecule has 122 valence electrons. The Bertz CT molecular complexity index is 864. The van der Waals surface area contributed by atoms with Gasteiger partial charge < -0.3 is 11.5 Å². The summed E-state index contributed by atoms with van der Waals surface area (Å²) in [5.41, 5.74) is 12.7. The molecule has 0 fully saturated rings. The van der Waals surface area contributed by atoms with Gasteiger partial charge >= 0.3 is 0 Å². The number of hydrogen-bond donors (Lipinski definition) is 2. The number of rotatable bonds is 3. The minimum atomic E-state index is -2.52. The van der Waals surface area contributed by atoms with Gasteiger partial charge in [0.05, 0.1) is 17.8 Å². The van der Waals surface area contributed by atoms with Crippen molar-refractivity contribution < 1.29 is 13.6 Å². The number of nitrogens with two attached hydrogens (primary N) is 2. The van der Waals surface area contributed by atoms with Gasteiger partial charge in [-0.25, -0.2) is 4.98 Å². The number of hydrogen-bond acceptors (Lipinski definition) is 6. The van der Waals surface area contributed by atoms with Crippen LogP contribution in [0.25, 0.3) is 0 Å². The molecule has 0 radical (unpaired) electrons. The average Bonchev–Trinajstić information content (AvgIpc) is 2.84. The molecule has 0 saturated heterocycles. The number of anilines is 4. The van der Waals surface area contributed by atoms with Crippen molar-refractivity contribution in [1.29, 1.82) is 5.26 Å². The van der Waals surface area contributed by atoms with Crippen molar-refractivity contribution >= 4 is 40.7 Å². The third-order valence-corrected chi connectivity index (χ3v) is 4.29. The highest BCUT2D eigenvalue weighted by atomic mass is 32.2. The second-order valence-electron chi connectivity index (χ2n) is 4.98. The number of benzene rings is 1. The van der Waals surface area contributed by atoms with Crippen LogP contribution in [0.1, 0.15) is 11.1 Å². The molecule has 0 atom stereocenters. The van der Waals surface area contributed by atoms with Crippen molar-refractivity contribution in [2.24, 2.45) is 0 Å². The van der Waals surface area contributed by atoms with Gasteiger partial charge in [-0.1, -0.05) is 11.8 Å². The highest BCUT2D eigenvalue weighted by molar-refractivity contribution is 7.99. The van der Waals surface area contributed by atoms with E-state index in [1.165, 1.54) is 17.0 Å². The Hall–Kier alpha value is -2.86. The van der Waals surface area contributed by atoms with Crippen LogP contribution in [-0.2, 0) is 11.2 Å². The summed E-state index contributed by atoms with van der Waals surface area (Å²) in [6.07, 6.45) is -0.00331. The lowest BCUT2D eigenvalue weighted by Crippen LogP contribution is -2.21. The van der Waals surface area contributed by atoms with Crippen molar-refractivity contribution in [3.63, 3.8) is 0 Å². The highest BCUT2D eigenvalue weighted by Crippen LogP contribution is 2.40. The molecular weight excluding hydrogens is 336 g/mol. The van der Waals surface area contributed by atoms with E-state index in [1.54, 1.807) is 12.1 Å². The zero-order valence-electron chi connectivity index (χ0n) is 12.2. The summed E-state index contributed by atoms with van der Waals surface area (Å²) in [7, 11) is 0. The van der Waals surface area contributed by atoms with Crippen LogP contribution >= 0.6 is 11.8 Å². The van der Waals surface area contributed by atoms with Crippen molar-refractivity contribution in [3.05, 3.63) is 35.4 Å².